The molecule has 0 aromatic heterocycles. The van der Waals surface area contributed by atoms with Crippen LogP contribution in [0.5, 0.6) is 0 Å². The van der Waals surface area contributed by atoms with Crippen LogP contribution < -0.4 is 0 Å². The van der Waals surface area contributed by atoms with Crippen LogP contribution in [-0.4, -0.2) is 30.7 Å². The van der Waals surface area contributed by atoms with Crippen LogP contribution >= 0.6 is 0 Å². The molecule has 0 spiro atoms. The van der Waals surface area contributed by atoms with Gasteiger partial charge in [0.2, 0.25) is 5.79 Å². The zero-order valence-corrected chi connectivity index (χ0v) is 16.5. The molecule has 0 aliphatic carbocycles. The van der Waals surface area contributed by atoms with E-state index in [1.165, 1.54) is 38.5 Å². The maximum Gasteiger partial charge on any atom is 0.200 e. The standard InChI is InChI=1S/C20H40O3/c1-7-10-11-12-13-14-15-18(19(5,6)21-9-3)20(17(4)23-20)22-16-8-2/h17-18H,7-16H2,1-6H3. The lowest BCUT2D eigenvalue weighted by atomic mass is 9.80. The monoisotopic (exact) mass is 328 g/mol. The summed E-state index contributed by atoms with van der Waals surface area (Å²) < 4.78 is 18.3. The van der Waals surface area contributed by atoms with Crippen LogP contribution in [-0.2, 0) is 14.2 Å². The van der Waals surface area contributed by atoms with Gasteiger partial charge in [0.05, 0.1) is 5.60 Å². The van der Waals surface area contributed by atoms with E-state index in [-0.39, 0.29) is 11.7 Å². The quantitative estimate of drug-likeness (QED) is 0.302. The molecule has 1 fully saturated rings. The molecule has 3 atom stereocenters. The molecule has 0 saturated carbocycles. The van der Waals surface area contributed by atoms with Gasteiger partial charge in [0.1, 0.15) is 6.10 Å². The molecule has 138 valence electrons. The van der Waals surface area contributed by atoms with E-state index in [9.17, 15) is 0 Å². The molecule has 23 heavy (non-hydrogen) atoms. The zero-order chi connectivity index (χ0) is 17.3. The summed E-state index contributed by atoms with van der Waals surface area (Å²) in [4.78, 5) is 0. The van der Waals surface area contributed by atoms with Gasteiger partial charge in [-0.3, -0.25) is 0 Å². The van der Waals surface area contributed by atoms with Crippen molar-refractivity contribution in [2.45, 2.75) is 110 Å². The van der Waals surface area contributed by atoms with E-state index in [0.717, 1.165) is 26.1 Å². The average Bonchev–Trinajstić information content (AvgIpc) is 3.14. The number of rotatable bonds is 14. The van der Waals surface area contributed by atoms with E-state index in [4.69, 9.17) is 14.2 Å². The van der Waals surface area contributed by atoms with E-state index in [1.54, 1.807) is 0 Å². The highest BCUT2D eigenvalue weighted by atomic mass is 16.8. The Labute approximate surface area is 144 Å². The SMILES string of the molecule is CCCCCCCCC(C(C)(C)OCC)C1(OCCC)OC1C. The van der Waals surface area contributed by atoms with Crippen molar-refractivity contribution < 1.29 is 14.2 Å². The summed E-state index contributed by atoms with van der Waals surface area (Å²) in [5.41, 5.74) is -0.212. The lowest BCUT2D eigenvalue weighted by Gasteiger charge is -2.38. The predicted molar refractivity (Wildman–Crippen MR) is 96.7 cm³/mol. The number of ether oxygens (including phenoxy) is 3. The minimum absolute atomic E-state index is 0.180. The molecular formula is C20H40O3. The number of unbranched alkanes of at least 4 members (excludes halogenated alkanes) is 5. The third kappa shape index (κ3) is 6.03. The first-order chi connectivity index (χ1) is 10.9. The lowest BCUT2D eigenvalue weighted by Crippen LogP contribution is -2.46. The van der Waals surface area contributed by atoms with Crippen molar-refractivity contribution in [2.75, 3.05) is 13.2 Å². The van der Waals surface area contributed by atoms with Gasteiger partial charge in [-0.1, -0.05) is 52.4 Å². The summed E-state index contributed by atoms with van der Waals surface area (Å²) in [5, 5.41) is 0. The summed E-state index contributed by atoms with van der Waals surface area (Å²) in [7, 11) is 0. The Morgan fingerprint density at radius 1 is 1.00 bits per heavy atom. The fourth-order valence-electron chi connectivity index (χ4n) is 3.76. The van der Waals surface area contributed by atoms with Crippen LogP contribution in [0.1, 0.15) is 92.9 Å². The second kappa shape index (κ2) is 10.0. The maximum absolute atomic E-state index is 6.19. The van der Waals surface area contributed by atoms with E-state index in [1.807, 2.05) is 0 Å². The van der Waals surface area contributed by atoms with E-state index in [0.29, 0.717) is 5.92 Å². The van der Waals surface area contributed by atoms with Gasteiger partial charge in [-0.25, -0.2) is 0 Å². The first kappa shape index (κ1) is 20.9. The Bertz CT molecular complexity index is 316. The van der Waals surface area contributed by atoms with Gasteiger partial charge in [0.25, 0.3) is 0 Å². The molecule has 1 rings (SSSR count). The zero-order valence-electron chi connectivity index (χ0n) is 16.5. The molecule has 1 saturated heterocycles. The van der Waals surface area contributed by atoms with Crippen LogP contribution in [0.25, 0.3) is 0 Å². The molecule has 3 unspecified atom stereocenters. The molecular weight excluding hydrogens is 288 g/mol. The van der Waals surface area contributed by atoms with Crippen LogP contribution in [0.4, 0.5) is 0 Å². The summed E-state index contributed by atoms with van der Waals surface area (Å²) in [6.45, 7) is 14.5. The van der Waals surface area contributed by atoms with Crippen molar-refractivity contribution in [3.05, 3.63) is 0 Å². The van der Waals surface area contributed by atoms with E-state index in [2.05, 4.69) is 41.5 Å². The van der Waals surface area contributed by atoms with Crippen molar-refractivity contribution in [3.8, 4) is 0 Å². The fraction of sp³-hybridized carbons (Fsp3) is 1.00. The average molecular weight is 329 g/mol. The van der Waals surface area contributed by atoms with Gasteiger partial charge in [-0.2, -0.15) is 0 Å². The minimum atomic E-state index is -0.419. The molecule has 0 radical (unpaired) electrons. The Hall–Kier alpha value is -0.120. The number of epoxide rings is 1. The smallest absolute Gasteiger partial charge is 0.200 e. The highest BCUT2D eigenvalue weighted by Gasteiger charge is 2.64. The predicted octanol–water partition coefficient (Wildman–Crippen LogP) is 5.71. The van der Waals surface area contributed by atoms with Crippen molar-refractivity contribution in [1.29, 1.82) is 0 Å². The Kier molecular flexibility index (Phi) is 9.10. The fourth-order valence-corrected chi connectivity index (χ4v) is 3.76. The second-order valence-electron chi connectivity index (χ2n) is 7.48. The van der Waals surface area contributed by atoms with Gasteiger partial charge in [0.15, 0.2) is 0 Å². The van der Waals surface area contributed by atoms with Crippen LogP contribution in [0.2, 0.25) is 0 Å². The highest BCUT2D eigenvalue weighted by molar-refractivity contribution is 5.03. The lowest BCUT2D eigenvalue weighted by molar-refractivity contribution is -0.163. The third-order valence-electron chi connectivity index (χ3n) is 5.09. The van der Waals surface area contributed by atoms with Crippen LogP contribution in [0.3, 0.4) is 0 Å². The van der Waals surface area contributed by atoms with Crippen LogP contribution in [0, 0.1) is 5.92 Å². The Balaban J connectivity index is 2.63. The van der Waals surface area contributed by atoms with Gasteiger partial charge < -0.3 is 14.2 Å². The molecule has 0 aromatic rings. The molecule has 3 heteroatoms. The number of hydrogen-bond donors (Lipinski definition) is 0. The highest BCUT2D eigenvalue weighted by Crippen LogP contribution is 2.51. The topological polar surface area (TPSA) is 31.0 Å². The Morgan fingerprint density at radius 2 is 1.61 bits per heavy atom. The van der Waals surface area contributed by atoms with Crippen molar-refractivity contribution >= 4 is 0 Å². The molecule has 0 amide bonds. The minimum Gasteiger partial charge on any atom is -0.375 e. The molecule has 0 N–H and O–H groups in total. The van der Waals surface area contributed by atoms with Crippen molar-refractivity contribution in [1.82, 2.24) is 0 Å². The van der Waals surface area contributed by atoms with Crippen molar-refractivity contribution in [3.63, 3.8) is 0 Å². The molecule has 1 aliphatic heterocycles. The summed E-state index contributed by atoms with van der Waals surface area (Å²) in [6.07, 6.45) is 10.2. The van der Waals surface area contributed by atoms with E-state index < -0.39 is 5.79 Å². The van der Waals surface area contributed by atoms with Gasteiger partial charge >= 0.3 is 0 Å². The third-order valence-corrected chi connectivity index (χ3v) is 5.09. The van der Waals surface area contributed by atoms with Crippen LogP contribution in [0.15, 0.2) is 0 Å². The summed E-state index contributed by atoms with van der Waals surface area (Å²) >= 11 is 0. The first-order valence-electron chi connectivity index (χ1n) is 9.90. The molecule has 3 nitrogen and oxygen atoms in total. The van der Waals surface area contributed by atoms with Crippen molar-refractivity contribution in [2.24, 2.45) is 5.92 Å². The molecule has 0 bridgehead atoms. The summed E-state index contributed by atoms with van der Waals surface area (Å²) in [5.74, 6) is -0.124. The largest absolute Gasteiger partial charge is 0.375 e. The van der Waals surface area contributed by atoms with Gasteiger partial charge in [-0.15, -0.1) is 0 Å². The second-order valence-corrected chi connectivity index (χ2v) is 7.48. The van der Waals surface area contributed by atoms with Gasteiger partial charge in [-0.05, 0) is 40.5 Å². The molecule has 0 aromatic carbocycles. The van der Waals surface area contributed by atoms with E-state index >= 15 is 0 Å². The normalized spacial score (nSPS) is 25.6. The molecule has 1 heterocycles. The maximum atomic E-state index is 6.19. The Morgan fingerprint density at radius 3 is 2.13 bits per heavy atom. The molecule has 1 aliphatic rings. The first-order valence-corrected chi connectivity index (χ1v) is 9.90. The number of hydrogen-bond acceptors (Lipinski definition) is 3. The summed E-state index contributed by atoms with van der Waals surface area (Å²) in [6, 6.07) is 0. The van der Waals surface area contributed by atoms with Gasteiger partial charge in [0, 0.05) is 19.1 Å².